The van der Waals surface area contributed by atoms with Crippen LogP contribution in [0.15, 0.2) is 30.3 Å². The van der Waals surface area contributed by atoms with Gasteiger partial charge in [0.25, 0.3) is 0 Å². The van der Waals surface area contributed by atoms with E-state index in [1.165, 1.54) is 17.4 Å². The van der Waals surface area contributed by atoms with Gasteiger partial charge in [0.1, 0.15) is 0 Å². The van der Waals surface area contributed by atoms with Crippen LogP contribution in [0.2, 0.25) is 4.34 Å². The lowest BCUT2D eigenvalue weighted by Crippen LogP contribution is -2.27. The number of urea groups is 1. The fourth-order valence-electron chi connectivity index (χ4n) is 1.72. The SMILES string of the molecule is Cc1ccc(NC(=O)NCc2ccc(Cl)s2)cc1C(=O)O. The molecule has 110 valence electrons. The van der Waals surface area contributed by atoms with Crippen LogP contribution >= 0.6 is 22.9 Å². The lowest BCUT2D eigenvalue weighted by Gasteiger charge is -2.08. The van der Waals surface area contributed by atoms with Gasteiger partial charge in [0, 0.05) is 10.6 Å². The van der Waals surface area contributed by atoms with E-state index in [9.17, 15) is 9.59 Å². The summed E-state index contributed by atoms with van der Waals surface area (Å²) in [5.74, 6) is -1.02. The van der Waals surface area contributed by atoms with Crippen molar-refractivity contribution in [2.75, 3.05) is 5.32 Å². The molecule has 7 heteroatoms. The van der Waals surface area contributed by atoms with Crippen molar-refractivity contribution >= 4 is 40.6 Å². The van der Waals surface area contributed by atoms with Gasteiger partial charge < -0.3 is 15.7 Å². The molecule has 0 aliphatic rings. The van der Waals surface area contributed by atoms with Crippen LogP contribution in [-0.2, 0) is 6.54 Å². The first-order valence-electron chi connectivity index (χ1n) is 6.08. The first-order valence-corrected chi connectivity index (χ1v) is 7.28. The predicted octanol–water partition coefficient (Wildman–Crippen LogP) is 3.73. The Labute approximate surface area is 130 Å². The number of carboxylic acids is 1. The van der Waals surface area contributed by atoms with E-state index in [0.29, 0.717) is 22.1 Å². The highest BCUT2D eigenvalue weighted by atomic mass is 35.5. The summed E-state index contributed by atoms with van der Waals surface area (Å²) in [6.07, 6.45) is 0. The monoisotopic (exact) mass is 324 g/mol. The third kappa shape index (κ3) is 4.21. The van der Waals surface area contributed by atoms with Gasteiger partial charge in [-0.15, -0.1) is 11.3 Å². The molecular formula is C14H13ClN2O3S. The Bertz CT molecular complexity index is 685. The summed E-state index contributed by atoms with van der Waals surface area (Å²) in [4.78, 5) is 23.7. The van der Waals surface area contributed by atoms with Crippen molar-refractivity contribution in [3.05, 3.63) is 50.7 Å². The van der Waals surface area contributed by atoms with Gasteiger partial charge in [-0.05, 0) is 36.8 Å². The highest BCUT2D eigenvalue weighted by molar-refractivity contribution is 7.16. The molecule has 2 aromatic rings. The lowest BCUT2D eigenvalue weighted by molar-refractivity contribution is 0.0696. The van der Waals surface area contributed by atoms with Crippen molar-refractivity contribution in [2.45, 2.75) is 13.5 Å². The standard InChI is InChI=1S/C14H13ClN2O3S/c1-8-2-3-9(6-11(8)13(18)19)17-14(20)16-7-10-4-5-12(15)21-10/h2-6H,7H2,1H3,(H,18,19)(H2,16,17,20). The number of anilines is 1. The van der Waals surface area contributed by atoms with Crippen LogP contribution in [0, 0.1) is 6.92 Å². The highest BCUT2D eigenvalue weighted by Gasteiger charge is 2.09. The number of carbonyl (C=O) groups excluding carboxylic acids is 1. The Morgan fingerprint density at radius 2 is 2.05 bits per heavy atom. The van der Waals surface area contributed by atoms with Crippen LogP contribution < -0.4 is 10.6 Å². The number of carboxylic acid groups (broad SMARTS) is 1. The average molecular weight is 325 g/mol. The highest BCUT2D eigenvalue weighted by Crippen LogP contribution is 2.21. The lowest BCUT2D eigenvalue weighted by atomic mass is 10.1. The van der Waals surface area contributed by atoms with E-state index in [1.807, 2.05) is 6.07 Å². The fraction of sp³-hybridized carbons (Fsp3) is 0.143. The third-order valence-electron chi connectivity index (χ3n) is 2.78. The molecule has 2 rings (SSSR count). The quantitative estimate of drug-likeness (QED) is 0.801. The number of benzene rings is 1. The maximum absolute atomic E-state index is 11.8. The molecule has 2 amide bonds. The molecule has 5 nitrogen and oxygen atoms in total. The predicted molar refractivity (Wildman–Crippen MR) is 83.3 cm³/mol. The van der Waals surface area contributed by atoms with Crippen LogP contribution in [0.4, 0.5) is 10.5 Å². The smallest absolute Gasteiger partial charge is 0.336 e. The first kappa shape index (κ1) is 15.3. The molecular weight excluding hydrogens is 312 g/mol. The number of amides is 2. The van der Waals surface area contributed by atoms with Crippen molar-refractivity contribution in [1.82, 2.24) is 5.32 Å². The Kier molecular flexibility index (Phi) is 4.82. The molecule has 1 aromatic carbocycles. The molecule has 0 fully saturated rings. The molecule has 0 bridgehead atoms. The number of halogens is 1. The second-order valence-electron chi connectivity index (χ2n) is 4.35. The summed E-state index contributed by atoms with van der Waals surface area (Å²) in [5, 5.41) is 14.3. The number of nitrogens with one attached hydrogen (secondary N) is 2. The van der Waals surface area contributed by atoms with Gasteiger partial charge in [0.15, 0.2) is 0 Å². The average Bonchev–Trinajstić information content (AvgIpc) is 2.84. The molecule has 3 N–H and O–H groups in total. The van der Waals surface area contributed by atoms with Crippen LogP contribution in [0.25, 0.3) is 0 Å². The van der Waals surface area contributed by atoms with Crippen LogP contribution in [-0.4, -0.2) is 17.1 Å². The maximum atomic E-state index is 11.8. The van der Waals surface area contributed by atoms with Crippen molar-refractivity contribution < 1.29 is 14.7 Å². The van der Waals surface area contributed by atoms with Gasteiger partial charge in [0.05, 0.1) is 16.4 Å². The van der Waals surface area contributed by atoms with E-state index in [1.54, 1.807) is 25.1 Å². The zero-order valence-electron chi connectivity index (χ0n) is 11.1. The number of aromatic carboxylic acids is 1. The summed E-state index contributed by atoms with van der Waals surface area (Å²) >= 11 is 7.19. The summed E-state index contributed by atoms with van der Waals surface area (Å²) < 4.78 is 0.664. The molecule has 0 aliphatic heterocycles. The molecule has 0 aliphatic carbocycles. The van der Waals surface area contributed by atoms with E-state index in [4.69, 9.17) is 16.7 Å². The summed E-state index contributed by atoms with van der Waals surface area (Å²) in [7, 11) is 0. The number of hydrogen-bond donors (Lipinski definition) is 3. The van der Waals surface area contributed by atoms with Gasteiger partial charge in [-0.3, -0.25) is 0 Å². The number of rotatable bonds is 4. The molecule has 0 spiro atoms. The van der Waals surface area contributed by atoms with Crippen molar-refractivity contribution in [2.24, 2.45) is 0 Å². The third-order valence-corrected chi connectivity index (χ3v) is 4.01. The zero-order chi connectivity index (χ0) is 15.4. The number of thiophene rings is 1. The summed E-state index contributed by atoms with van der Waals surface area (Å²) in [5.41, 5.74) is 1.24. The van der Waals surface area contributed by atoms with E-state index in [2.05, 4.69) is 10.6 Å². The molecule has 1 heterocycles. The van der Waals surface area contributed by atoms with Gasteiger partial charge >= 0.3 is 12.0 Å². The van der Waals surface area contributed by atoms with Gasteiger partial charge in [-0.2, -0.15) is 0 Å². The van der Waals surface area contributed by atoms with Crippen LogP contribution in [0.3, 0.4) is 0 Å². The van der Waals surface area contributed by atoms with E-state index >= 15 is 0 Å². The van der Waals surface area contributed by atoms with Crippen molar-refractivity contribution in [3.8, 4) is 0 Å². The first-order chi connectivity index (χ1) is 9.95. The number of carbonyl (C=O) groups is 2. The minimum atomic E-state index is -1.02. The Morgan fingerprint density at radius 1 is 1.29 bits per heavy atom. The maximum Gasteiger partial charge on any atom is 0.336 e. The van der Waals surface area contributed by atoms with Gasteiger partial charge in [-0.1, -0.05) is 17.7 Å². The van der Waals surface area contributed by atoms with Crippen LogP contribution in [0.5, 0.6) is 0 Å². The van der Waals surface area contributed by atoms with Crippen molar-refractivity contribution in [3.63, 3.8) is 0 Å². The minimum Gasteiger partial charge on any atom is -0.478 e. The van der Waals surface area contributed by atoms with E-state index < -0.39 is 12.0 Å². The zero-order valence-corrected chi connectivity index (χ0v) is 12.7. The number of hydrogen-bond acceptors (Lipinski definition) is 3. The second-order valence-corrected chi connectivity index (χ2v) is 6.15. The molecule has 0 atom stereocenters. The normalized spacial score (nSPS) is 10.2. The largest absolute Gasteiger partial charge is 0.478 e. The molecule has 0 saturated heterocycles. The number of aryl methyl sites for hydroxylation is 1. The van der Waals surface area contributed by atoms with Gasteiger partial charge in [-0.25, -0.2) is 9.59 Å². The molecule has 0 unspecified atom stereocenters. The Hall–Kier alpha value is -2.05. The van der Waals surface area contributed by atoms with Crippen molar-refractivity contribution in [1.29, 1.82) is 0 Å². The molecule has 0 saturated carbocycles. The second kappa shape index (κ2) is 6.60. The topological polar surface area (TPSA) is 78.4 Å². The van der Waals surface area contributed by atoms with Gasteiger partial charge in [0.2, 0.25) is 0 Å². The molecule has 1 aromatic heterocycles. The van der Waals surface area contributed by atoms with Crippen LogP contribution in [0.1, 0.15) is 20.8 Å². The summed E-state index contributed by atoms with van der Waals surface area (Å²) in [6.45, 7) is 2.06. The molecule has 0 radical (unpaired) electrons. The van der Waals surface area contributed by atoms with E-state index in [0.717, 1.165) is 4.88 Å². The fourth-order valence-corrected chi connectivity index (χ4v) is 2.75. The Balaban J connectivity index is 1.96. The molecule has 21 heavy (non-hydrogen) atoms. The summed E-state index contributed by atoms with van der Waals surface area (Å²) in [6, 6.07) is 7.93. The Morgan fingerprint density at radius 3 is 2.67 bits per heavy atom. The van der Waals surface area contributed by atoms with E-state index in [-0.39, 0.29) is 5.56 Å². The minimum absolute atomic E-state index is 0.165.